The first kappa shape index (κ1) is 14.9. The maximum absolute atomic E-state index is 12.0. The van der Waals surface area contributed by atoms with E-state index in [1.807, 2.05) is 30.3 Å². The molecule has 0 aliphatic carbocycles. The molecule has 0 spiro atoms. The number of hydrogen-bond acceptors (Lipinski definition) is 6. The van der Waals surface area contributed by atoms with E-state index in [-0.39, 0.29) is 18.2 Å². The van der Waals surface area contributed by atoms with E-state index < -0.39 is 0 Å². The Balaban J connectivity index is 1.44. The van der Waals surface area contributed by atoms with Gasteiger partial charge in [0.25, 0.3) is 5.89 Å². The van der Waals surface area contributed by atoms with Crippen molar-refractivity contribution in [1.29, 1.82) is 0 Å². The van der Waals surface area contributed by atoms with Gasteiger partial charge in [-0.3, -0.25) is 9.89 Å². The molecule has 0 aliphatic heterocycles. The van der Waals surface area contributed by atoms with Crippen molar-refractivity contribution in [3.63, 3.8) is 0 Å². The second-order valence-corrected chi connectivity index (χ2v) is 5.29. The summed E-state index contributed by atoms with van der Waals surface area (Å²) in [6.07, 6.45) is 3.17. The van der Waals surface area contributed by atoms with Crippen LogP contribution in [0.5, 0.6) is 0 Å². The average Bonchev–Trinajstić information content (AvgIpc) is 3.36. The van der Waals surface area contributed by atoms with Gasteiger partial charge in [-0.15, -0.1) is 0 Å². The van der Waals surface area contributed by atoms with Crippen molar-refractivity contribution in [1.82, 2.24) is 20.3 Å². The molecule has 0 radical (unpaired) electrons. The van der Waals surface area contributed by atoms with E-state index in [9.17, 15) is 4.79 Å². The molecule has 3 heterocycles. The van der Waals surface area contributed by atoms with E-state index in [1.54, 1.807) is 24.7 Å². The van der Waals surface area contributed by atoms with Crippen molar-refractivity contribution < 1.29 is 13.7 Å². The Bertz CT molecular complexity index is 973. The number of hydrogen-bond donors (Lipinski definition) is 2. The minimum Gasteiger partial charge on any atom is -0.472 e. The van der Waals surface area contributed by atoms with Crippen LogP contribution in [0.2, 0.25) is 0 Å². The molecule has 1 amide bonds. The number of amides is 1. The molecule has 1 aromatic carbocycles. The monoisotopic (exact) mass is 335 g/mol. The Hall–Kier alpha value is -3.68. The van der Waals surface area contributed by atoms with Crippen LogP contribution < -0.4 is 5.32 Å². The summed E-state index contributed by atoms with van der Waals surface area (Å²) >= 11 is 0. The quantitative estimate of drug-likeness (QED) is 0.580. The zero-order valence-electron chi connectivity index (χ0n) is 13.0. The number of carbonyl (C=O) groups excluding carboxylic acids is 1. The average molecular weight is 335 g/mol. The third-order valence-electron chi connectivity index (χ3n) is 3.47. The number of carbonyl (C=O) groups is 1. The van der Waals surface area contributed by atoms with Crippen molar-refractivity contribution in [3.05, 3.63) is 60.8 Å². The summed E-state index contributed by atoms with van der Waals surface area (Å²) in [6, 6.07) is 12.8. The third-order valence-corrected chi connectivity index (χ3v) is 3.47. The van der Waals surface area contributed by atoms with Crippen LogP contribution in [0.25, 0.3) is 22.8 Å². The topological polar surface area (TPSA) is 110 Å². The number of benzene rings is 1. The van der Waals surface area contributed by atoms with Gasteiger partial charge in [-0.25, -0.2) is 0 Å². The highest BCUT2D eigenvalue weighted by atomic mass is 16.5. The van der Waals surface area contributed by atoms with Crippen LogP contribution in [0, 0.1) is 0 Å². The van der Waals surface area contributed by atoms with E-state index in [1.165, 1.54) is 0 Å². The molecule has 4 rings (SSSR count). The molecule has 0 bridgehead atoms. The Kier molecular flexibility index (Phi) is 3.83. The second-order valence-electron chi connectivity index (χ2n) is 5.29. The Morgan fingerprint density at radius 1 is 1.20 bits per heavy atom. The van der Waals surface area contributed by atoms with Crippen LogP contribution in [0.3, 0.4) is 0 Å². The predicted molar refractivity (Wildman–Crippen MR) is 88.4 cm³/mol. The second kappa shape index (κ2) is 6.44. The molecule has 0 unspecified atom stereocenters. The molecule has 8 heteroatoms. The summed E-state index contributed by atoms with van der Waals surface area (Å²) in [4.78, 5) is 16.2. The number of furan rings is 1. The largest absolute Gasteiger partial charge is 0.472 e. The molecule has 0 saturated heterocycles. The SMILES string of the molecule is O=C(Cc1noc(-c2cc(-c3ccoc3)n[nH]2)n1)Nc1ccccc1. The van der Waals surface area contributed by atoms with Gasteiger partial charge < -0.3 is 14.3 Å². The normalized spacial score (nSPS) is 10.7. The summed E-state index contributed by atoms with van der Waals surface area (Å²) in [5.74, 6) is 0.342. The van der Waals surface area contributed by atoms with Crippen molar-refractivity contribution in [3.8, 4) is 22.8 Å². The minimum absolute atomic E-state index is 0.0150. The fraction of sp³-hybridized carbons (Fsp3) is 0.0588. The lowest BCUT2D eigenvalue weighted by molar-refractivity contribution is -0.115. The van der Waals surface area contributed by atoms with Crippen LogP contribution in [0.15, 0.2) is 63.9 Å². The maximum Gasteiger partial charge on any atom is 0.275 e. The molecule has 4 aromatic rings. The van der Waals surface area contributed by atoms with Crippen LogP contribution >= 0.6 is 0 Å². The molecule has 25 heavy (non-hydrogen) atoms. The highest BCUT2D eigenvalue weighted by molar-refractivity contribution is 5.91. The fourth-order valence-electron chi connectivity index (χ4n) is 2.29. The number of anilines is 1. The smallest absolute Gasteiger partial charge is 0.275 e. The lowest BCUT2D eigenvalue weighted by Crippen LogP contribution is -2.15. The van der Waals surface area contributed by atoms with Gasteiger partial charge in [0, 0.05) is 11.3 Å². The summed E-state index contributed by atoms with van der Waals surface area (Å²) in [6.45, 7) is 0. The van der Waals surface area contributed by atoms with Crippen molar-refractivity contribution >= 4 is 11.6 Å². The lowest BCUT2D eigenvalue weighted by atomic mass is 10.2. The molecule has 8 nitrogen and oxygen atoms in total. The van der Waals surface area contributed by atoms with Crippen LogP contribution in [0.4, 0.5) is 5.69 Å². The van der Waals surface area contributed by atoms with Crippen molar-refractivity contribution in [2.45, 2.75) is 6.42 Å². The first-order chi connectivity index (χ1) is 12.3. The van der Waals surface area contributed by atoms with Gasteiger partial charge in [0.1, 0.15) is 5.69 Å². The minimum atomic E-state index is -0.220. The summed E-state index contributed by atoms with van der Waals surface area (Å²) in [5, 5.41) is 13.6. The third kappa shape index (κ3) is 3.32. The molecule has 2 N–H and O–H groups in total. The zero-order valence-corrected chi connectivity index (χ0v) is 13.0. The van der Waals surface area contributed by atoms with Gasteiger partial charge in [-0.05, 0) is 24.3 Å². The fourth-order valence-corrected chi connectivity index (χ4v) is 2.29. The van der Waals surface area contributed by atoms with Crippen molar-refractivity contribution in [2.24, 2.45) is 0 Å². The first-order valence-electron chi connectivity index (χ1n) is 7.54. The molecule has 0 fully saturated rings. The molecule has 0 saturated carbocycles. The Labute approximate surface area is 141 Å². The van der Waals surface area contributed by atoms with Gasteiger partial charge in [0.05, 0.1) is 24.6 Å². The Morgan fingerprint density at radius 2 is 2.08 bits per heavy atom. The Morgan fingerprint density at radius 3 is 2.88 bits per heavy atom. The number of H-pyrrole nitrogens is 1. The van der Waals surface area contributed by atoms with Gasteiger partial charge in [-0.2, -0.15) is 10.1 Å². The number of aromatic amines is 1. The molecular formula is C17H13N5O3. The highest BCUT2D eigenvalue weighted by Crippen LogP contribution is 2.23. The van der Waals surface area contributed by atoms with Gasteiger partial charge in [0.2, 0.25) is 5.91 Å². The van der Waals surface area contributed by atoms with E-state index in [0.29, 0.717) is 17.2 Å². The van der Waals surface area contributed by atoms with Crippen LogP contribution in [-0.4, -0.2) is 26.2 Å². The number of rotatable bonds is 5. The molecule has 0 aliphatic rings. The summed E-state index contributed by atoms with van der Waals surface area (Å²) < 4.78 is 10.2. The molecule has 124 valence electrons. The van der Waals surface area contributed by atoms with E-state index in [0.717, 1.165) is 11.3 Å². The zero-order chi connectivity index (χ0) is 17.1. The standard InChI is InChI=1S/C17H13N5O3/c23-16(18-12-4-2-1-3-5-12)9-15-19-17(25-22-15)14-8-13(20-21-14)11-6-7-24-10-11/h1-8,10H,9H2,(H,18,23)(H,20,21). The summed E-state index contributed by atoms with van der Waals surface area (Å²) in [7, 11) is 0. The maximum atomic E-state index is 12.0. The van der Waals surface area contributed by atoms with Gasteiger partial charge >= 0.3 is 0 Å². The molecular weight excluding hydrogens is 322 g/mol. The number of aromatic nitrogens is 4. The number of nitrogens with one attached hydrogen (secondary N) is 2. The molecule has 0 atom stereocenters. The highest BCUT2D eigenvalue weighted by Gasteiger charge is 2.15. The van der Waals surface area contributed by atoms with Crippen LogP contribution in [0.1, 0.15) is 5.82 Å². The van der Waals surface area contributed by atoms with Gasteiger partial charge in [-0.1, -0.05) is 23.4 Å². The summed E-state index contributed by atoms with van der Waals surface area (Å²) in [5.41, 5.74) is 2.82. The van der Waals surface area contributed by atoms with E-state index in [2.05, 4.69) is 25.7 Å². The lowest BCUT2D eigenvalue weighted by Gasteiger charge is -2.01. The number of para-hydroxylation sites is 1. The van der Waals surface area contributed by atoms with E-state index in [4.69, 9.17) is 8.94 Å². The molecule has 3 aromatic heterocycles. The first-order valence-corrected chi connectivity index (χ1v) is 7.54. The van der Waals surface area contributed by atoms with Crippen molar-refractivity contribution in [2.75, 3.05) is 5.32 Å². The van der Waals surface area contributed by atoms with Crippen LogP contribution in [-0.2, 0) is 11.2 Å². The van der Waals surface area contributed by atoms with Gasteiger partial charge in [0.15, 0.2) is 5.82 Å². The predicted octanol–water partition coefficient (Wildman–Crippen LogP) is 2.90. The number of nitrogens with zero attached hydrogens (tertiary/aromatic N) is 3. The van der Waals surface area contributed by atoms with E-state index >= 15 is 0 Å².